The van der Waals surface area contributed by atoms with E-state index in [2.05, 4.69) is 10.8 Å². The molecule has 0 saturated carbocycles. The van der Waals surface area contributed by atoms with E-state index in [1.165, 1.54) is 7.11 Å². The maximum atomic E-state index is 14.8. The minimum absolute atomic E-state index is 0.168. The van der Waals surface area contributed by atoms with E-state index in [-0.39, 0.29) is 11.5 Å². The van der Waals surface area contributed by atoms with Crippen molar-refractivity contribution in [2.24, 2.45) is 0 Å². The molecule has 0 aromatic heterocycles. The molecular formula is C76H59O14P2+. The molecule has 1 aliphatic rings. The van der Waals surface area contributed by atoms with Crippen LogP contribution in [-0.2, 0) is 18.6 Å². The highest BCUT2D eigenvalue weighted by Crippen LogP contribution is 2.45. The van der Waals surface area contributed by atoms with Crippen molar-refractivity contribution in [2.75, 3.05) is 7.11 Å². The van der Waals surface area contributed by atoms with E-state index in [0.29, 0.717) is 78.7 Å². The van der Waals surface area contributed by atoms with Crippen molar-refractivity contribution in [1.29, 1.82) is 0 Å². The van der Waals surface area contributed by atoms with Gasteiger partial charge in [-0.05, 0) is 201 Å². The van der Waals surface area contributed by atoms with Gasteiger partial charge >= 0.3 is 12.3 Å². The topological polar surface area (TPSA) is 183 Å². The van der Waals surface area contributed by atoms with Gasteiger partial charge in [0.1, 0.15) is 81.1 Å². The van der Waals surface area contributed by atoms with Crippen molar-refractivity contribution in [1.82, 2.24) is 0 Å². The van der Waals surface area contributed by atoms with Gasteiger partial charge in [-0.15, -0.1) is 0 Å². The van der Waals surface area contributed by atoms with E-state index in [9.17, 15) is 28.9 Å². The fraction of sp³-hybridized carbons (Fsp3) is 0.0263. The summed E-state index contributed by atoms with van der Waals surface area (Å²) >= 11 is 0. The number of carbonyl (C=O) groups excluding carboxylic acids is 2. The second kappa shape index (κ2) is 30.5. The molecule has 16 heteroatoms. The summed E-state index contributed by atoms with van der Waals surface area (Å²) in [6.45, 7) is 2.03. The molecule has 2 N–H and O–H groups in total. The maximum absolute atomic E-state index is 14.8. The highest BCUT2D eigenvalue weighted by Gasteiger charge is 2.31. The Labute approximate surface area is 532 Å². The van der Waals surface area contributed by atoms with Gasteiger partial charge in [0, 0.05) is 37.9 Å². The van der Waals surface area contributed by atoms with Crippen molar-refractivity contribution in [3.63, 3.8) is 0 Å². The molecule has 1 aliphatic carbocycles. The van der Waals surface area contributed by atoms with Gasteiger partial charge in [-0.25, -0.2) is 9.59 Å². The third kappa shape index (κ3) is 16.9. The Bertz CT molecular complexity index is 4300. The predicted molar refractivity (Wildman–Crippen MR) is 357 cm³/mol. The molecule has 0 bridgehead atoms. The molecule has 0 spiro atoms. The Morgan fingerprint density at radius 2 is 0.620 bits per heavy atom. The first-order valence-electron chi connectivity index (χ1n) is 28.7. The molecule has 456 valence electrons. The molecule has 0 aliphatic heterocycles. The van der Waals surface area contributed by atoms with Gasteiger partial charge in [0.25, 0.3) is 0 Å². The zero-order valence-electron chi connectivity index (χ0n) is 49.6. The molecule has 92 heavy (non-hydrogen) atoms. The second-order valence-electron chi connectivity index (χ2n) is 20.1. The Balaban J connectivity index is 0.000000164. The fourth-order valence-corrected chi connectivity index (χ4v) is 14.3. The van der Waals surface area contributed by atoms with Crippen molar-refractivity contribution < 1.29 is 66.8 Å². The van der Waals surface area contributed by atoms with Crippen LogP contribution in [0.25, 0.3) is 0 Å². The summed E-state index contributed by atoms with van der Waals surface area (Å²) in [5, 5.41) is 23.1. The van der Waals surface area contributed by atoms with Crippen molar-refractivity contribution in [2.45, 2.75) is 6.92 Å². The van der Waals surface area contributed by atoms with Crippen LogP contribution >= 0.6 is 14.3 Å². The summed E-state index contributed by atoms with van der Waals surface area (Å²) < 4.78 is 72.5. The molecular weight excluding hydrogens is 1200 g/mol. The lowest BCUT2D eigenvalue weighted by atomic mass is 10.2. The third-order valence-corrected chi connectivity index (χ3v) is 19.9. The number of ether oxygens (including phenoxy) is 8. The minimum Gasteiger partial charge on any atom is -0.508 e. The number of allylic oxidation sites excluding steroid dienone is 5. The molecule has 1 atom stereocenters. The summed E-state index contributed by atoms with van der Waals surface area (Å²) in [6.07, 6.45) is 7.86. The first-order valence-corrected chi connectivity index (χ1v) is 32.1. The Kier molecular flexibility index (Phi) is 21.0. The van der Waals surface area contributed by atoms with Crippen LogP contribution in [0.4, 0.5) is 9.59 Å². The number of hydrogen-bond donors (Lipinski definition) is 2. The maximum Gasteiger partial charge on any atom is 0.521 e. The number of benzene rings is 11. The second-order valence-corrected chi connectivity index (χ2v) is 25.6. The van der Waals surface area contributed by atoms with Crippen LogP contribution in [-0.4, -0.2) is 29.6 Å². The molecule has 0 fully saturated rings. The molecule has 0 saturated heterocycles. The summed E-state index contributed by atoms with van der Waals surface area (Å²) in [4.78, 5) is 22.6. The van der Waals surface area contributed by atoms with Crippen LogP contribution in [0.1, 0.15) is 5.56 Å². The van der Waals surface area contributed by atoms with Crippen molar-refractivity contribution in [3.05, 3.63) is 327 Å². The first-order chi connectivity index (χ1) is 44.8. The number of para-hydroxylation sites is 1. The number of phenolic OH excluding ortho intramolecular Hbond substituents is 2. The van der Waals surface area contributed by atoms with E-state index in [4.69, 9.17) is 33.2 Å². The Hall–Kier alpha value is -11.7. The average Bonchev–Trinajstić information content (AvgIpc) is 0.781. The van der Waals surface area contributed by atoms with E-state index in [1.54, 1.807) is 158 Å². The van der Waals surface area contributed by atoms with Gasteiger partial charge in [-0.1, -0.05) is 96.6 Å². The van der Waals surface area contributed by atoms with E-state index < -0.39 is 26.6 Å². The average molecular weight is 1260 g/mol. The van der Waals surface area contributed by atoms with Gasteiger partial charge in [0.05, 0.1) is 19.3 Å². The molecule has 0 amide bonds. The van der Waals surface area contributed by atoms with Gasteiger partial charge in [-0.3, -0.25) is 0 Å². The van der Waals surface area contributed by atoms with Crippen LogP contribution < -0.4 is 60.2 Å². The Morgan fingerprint density at radius 1 is 0.337 bits per heavy atom. The van der Waals surface area contributed by atoms with Crippen LogP contribution in [0.15, 0.2) is 315 Å². The van der Waals surface area contributed by atoms with Gasteiger partial charge in [0.2, 0.25) is 5.76 Å². The SMILES string of the molecule is COC(=O)Oc1ccc(Oc2ccc(P(=O)(c3ccccc3)c3ccc(Oc4ccc(C)cc4)cc3)cc2)cc1.O=C(OC1=CC=[C+]C=C1)Oc1ccccc1.O=P(c1ccccc1)(c1ccc(Oc2ccc(O)cc2)cc1)c1ccc(Oc2ccc(O)cc2)cc1. The lowest BCUT2D eigenvalue weighted by molar-refractivity contribution is 0.121. The zero-order chi connectivity index (χ0) is 64.1. The number of methoxy groups -OCH3 is 1. The Morgan fingerprint density at radius 3 is 0.957 bits per heavy atom. The summed E-state index contributed by atoms with van der Waals surface area (Å²) in [5.74, 6) is 6.48. The largest absolute Gasteiger partial charge is 0.521 e. The number of carbonyl (C=O) groups is 2. The van der Waals surface area contributed by atoms with Crippen molar-refractivity contribution in [3.8, 4) is 69.0 Å². The van der Waals surface area contributed by atoms with Crippen LogP contribution in [0.3, 0.4) is 0 Å². The normalized spacial score (nSPS) is 11.8. The van der Waals surface area contributed by atoms with E-state index in [1.807, 2.05) is 159 Å². The molecule has 12 rings (SSSR count). The summed E-state index contributed by atoms with van der Waals surface area (Å²) in [5.41, 5.74) is 1.16. The molecule has 1 unspecified atom stereocenters. The van der Waals surface area contributed by atoms with Gasteiger partial charge < -0.3 is 57.2 Å². The molecule has 11 aromatic carbocycles. The highest BCUT2D eigenvalue weighted by molar-refractivity contribution is 7.85. The number of aromatic hydroxyl groups is 2. The minimum atomic E-state index is -3.18. The molecule has 0 radical (unpaired) electrons. The number of rotatable bonds is 17. The van der Waals surface area contributed by atoms with E-state index >= 15 is 0 Å². The molecule has 11 aromatic rings. The van der Waals surface area contributed by atoms with Gasteiger partial charge in [-0.2, -0.15) is 0 Å². The van der Waals surface area contributed by atoms with Crippen LogP contribution in [0, 0.1) is 13.0 Å². The van der Waals surface area contributed by atoms with E-state index in [0.717, 1.165) is 21.9 Å². The summed E-state index contributed by atoms with van der Waals surface area (Å²) in [7, 11) is -5.11. The lowest BCUT2D eigenvalue weighted by Gasteiger charge is -2.20. The monoisotopic (exact) mass is 1260 g/mol. The smallest absolute Gasteiger partial charge is 0.508 e. The number of phenols is 2. The summed E-state index contributed by atoms with van der Waals surface area (Å²) in [6, 6.07) is 84.1. The first kappa shape index (κ1) is 63.4. The van der Waals surface area contributed by atoms with Crippen LogP contribution in [0.2, 0.25) is 0 Å². The number of aryl methyl sites for hydroxylation is 1. The quantitative estimate of drug-likeness (QED) is 0.0380. The molecule has 0 heterocycles. The van der Waals surface area contributed by atoms with Crippen molar-refractivity contribution >= 4 is 58.4 Å². The third-order valence-electron chi connectivity index (χ3n) is 13.7. The predicted octanol–water partition coefficient (Wildman–Crippen LogP) is 16.7. The number of hydrogen-bond acceptors (Lipinski definition) is 14. The standard InChI is InChI=1S/C33H27O6P.C30H23O5P.C13H9O3/c1-24-8-10-25(11-9-24)37-27-16-20-31(21-17-27)40(35,30-6-4-3-5-7-30)32-22-18-28(19-23-32)38-26-12-14-29(15-13-26)39-33(34)36-2;31-22-6-10-24(11-7-22)34-26-14-18-29(19-15-26)36(33,28-4-2-1-3-5-28)30-20-16-27(17-21-30)35-25-12-8-23(32)9-13-25;14-13(15-11-7-3-1-4-8-11)16-12-9-5-2-6-10-12/h3-23H,1-2H3;1-21,31-32H;1,3-10H/q;;+1. The lowest BCUT2D eigenvalue weighted by Crippen LogP contribution is -2.24. The molecule has 14 nitrogen and oxygen atoms in total. The van der Waals surface area contributed by atoms with Gasteiger partial charge in [0.15, 0.2) is 14.3 Å². The fourth-order valence-electron chi connectivity index (χ4n) is 9.10. The zero-order valence-corrected chi connectivity index (χ0v) is 51.4. The van der Waals surface area contributed by atoms with Crippen LogP contribution in [0.5, 0.6) is 69.0 Å². The highest BCUT2D eigenvalue weighted by atomic mass is 31.2.